The number of hydrogen-bond acceptors (Lipinski definition) is 4. The van der Waals surface area contributed by atoms with E-state index in [2.05, 4.69) is 30.4 Å². The first kappa shape index (κ1) is 12.8. The van der Waals surface area contributed by atoms with Gasteiger partial charge in [-0.25, -0.2) is 9.78 Å². The second-order valence-electron chi connectivity index (χ2n) is 2.53. The van der Waals surface area contributed by atoms with E-state index >= 15 is 0 Å². The number of hydrogen-bond donors (Lipinski definition) is 0. The number of aromatic nitrogens is 1. The first-order valence-corrected chi connectivity index (χ1v) is 4.63. The Bertz CT molecular complexity index is 408. The molecule has 4 nitrogen and oxygen atoms in total. The van der Waals surface area contributed by atoms with Crippen molar-refractivity contribution in [3.63, 3.8) is 0 Å². The van der Waals surface area contributed by atoms with Crippen LogP contribution >= 0.6 is 15.9 Å². The summed E-state index contributed by atoms with van der Waals surface area (Å²) in [6.07, 6.45) is -4.92. The Kier molecular flexibility index (Phi) is 3.74. The number of alkyl halides is 3. The van der Waals surface area contributed by atoms with Crippen molar-refractivity contribution < 1.29 is 27.4 Å². The molecule has 0 amide bonds. The highest BCUT2D eigenvalue weighted by Gasteiger charge is 2.34. The number of esters is 1. The van der Waals surface area contributed by atoms with E-state index in [-0.39, 0.29) is 4.60 Å². The van der Waals surface area contributed by atoms with Crippen LogP contribution in [0.15, 0.2) is 16.7 Å². The summed E-state index contributed by atoms with van der Waals surface area (Å²) in [5.74, 6) is -1.81. The van der Waals surface area contributed by atoms with Gasteiger partial charge in [0, 0.05) is 0 Å². The molecule has 1 heterocycles. The van der Waals surface area contributed by atoms with Crippen molar-refractivity contribution in [2.45, 2.75) is 6.36 Å². The maximum Gasteiger partial charge on any atom is 0.574 e. The molecule has 1 aromatic heterocycles. The predicted octanol–water partition coefficient (Wildman–Crippen LogP) is 2.53. The topological polar surface area (TPSA) is 48.4 Å². The first-order valence-electron chi connectivity index (χ1n) is 3.84. The molecule has 0 aromatic carbocycles. The summed E-state index contributed by atoms with van der Waals surface area (Å²) < 4.78 is 44.0. The molecule has 16 heavy (non-hydrogen) atoms. The zero-order chi connectivity index (χ0) is 12.3. The van der Waals surface area contributed by atoms with Gasteiger partial charge in [-0.15, -0.1) is 13.2 Å². The lowest BCUT2D eigenvalue weighted by atomic mass is 10.3. The molecule has 0 aliphatic heterocycles. The number of carbonyl (C=O) groups is 1. The molecule has 0 fully saturated rings. The Morgan fingerprint density at radius 3 is 2.56 bits per heavy atom. The molecule has 0 unspecified atom stereocenters. The highest BCUT2D eigenvalue weighted by molar-refractivity contribution is 9.10. The maximum atomic E-state index is 12.0. The van der Waals surface area contributed by atoms with Crippen LogP contribution in [0.2, 0.25) is 0 Å². The molecule has 1 aromatic rings. The summed E-state index contributed by atoms with van der Waals surface area (Å²) in [7, 11) is 1.04. The van der Waals surface area contributed by atoms with E-state index in [1.54, 1.807) is 0 Å². The van der Waals surface area contributed by atoms with Crippen LogP contribution in [0.25, 0.3) is 0 Å². The van der Waals surface area contributed by atoms with Gasteiger partial charge in [0.05, 0.1) is 7.11 Å². The van der Waals surface area contributed by atoms with Crippen molar-refractivity contribution in [1.82, 2.24) is 4.98 Å². The molecule has 0 bridgehead atoms. The van der Waals surface area contributed by atoms with Gasteiger partial charge in [-0.1, -0.05) is 0 Å². The fourth-order valence-corrected chi connectivity index (χ4v) is 1.16. The van der Waals surface area contributed by atoms with E-state index in [0.717, 1.165) is 13.2 Å². The molecule has 1 rings (SSSR count). The standard InChI is InChI=1S/C8H5BrF3NO3/c1-15-7(14)4-2-3-5(9)13-6(4)16-8(10,11)12/h2-3H,1H3. The minimum absolute atomic E-state index is 0.111. The molecular weight excluding hydrogens is 295 g/mol. The van der Waals surface area contributed by atoms with Crippen molar-refractivity contribution in [3.05, 3.63) is 22.3 Å². The highest BCUT2D eigenvalue weighted by Crippen LogP contribution is 2.26. The normalized spacial score (nSPS) is 11.1. The molecule has 0 atom stereocenters. The van der Waals surface area contributed by atoms with Crippen LogP contribution < -0.4 is 4.74 Å². The summed E-state index contributed by atoms with van der Waals surface area (Å²) in [6, 6.07) is 2.42. The maximum absolute atomic E-state index is 12.0. The Morgan fingerprint density at radius 2 is 2.06 bits per heavy atom. The minimum Gasteiger partial charge on any atom is -0.465 e. The number of methoxy groups -OCH3 is 1. The average Bonchev–Trinajstić information content (AvgIpc) is 2.14. The quantitative estimate of drug-likeness (QED) is 0.622. The molecule has 0 spiro atoms. The molecule has 0 aliphatic carbocycles. The van der Waals surface area contributed by atoms with Crippen LogP contribution in [-0.2, 0) is 4.74 Å². The van der Waals surface area contributed by atoms with Crippen molar-refractivity contribution in [1.29, 1.82) is 0 Å². The van der Waals surface area contributed by atoms with Crippen LogP contribution in [0.5, 0.6) is 5.88 Å². The summed E-state index contributed by atoms with van der Waals surface area (Å²) in [6.45, 7) is 0. The summed E-state index contributed by atoms with van der Waals surface area (Å²) in [5, 5.41) is 0. The van der Waals surface area contributed by atoms with Gasteiger partial charge in [-0.05, 0) is 28.1 Å². The smallest absolute Gasteiger partial charge is 0.465 e. The van der Waals surface area contributed by atoms with Gasteiger partial charge in [0.2, 0.25) is 5.88 Å². The molecule has 0 aliphatic rings. The highest BCUT2D eigenvalue weighted by atomic mass is 79.9. The summed E-state index contributed by atoms with van der Waals surface area (Å²) in [4.78, 5) is 14.5. The lowest BCUT2D eigenvalue weighted by molar-refractivity contribution is -0.276. The average molecular weight is 300 g/mol. The third kappa shape index (κ3) is 3.37. The fraction of sp³-hybridized carbons (Fsp3) is 0.250. The second kappa shape index (κ2) is 4.69. The van der Waals surface area contributed by atoms with Crippen LogP contribution in [0.1, 0.15) is 10.4 Å². The lowest BCUT2D eigenvalue weighted by Crippen LogP contribution is -2.20. The predicted molar refractivity (Wildman–Crippen MR) is 50.0 cm³/mol. The first-order chi connectivity index (χ1) is 7.33. The number of nitrogens with zero attached hydrogens (tertiary/aromatic N) is 1. The zero-order valence-electron chi connectivity index (χ0n) is 7.84. The molecule has 0 N–H and O–H groups in total. The Balaban J connectivity index is 3.13. The second-order valence-corrected chi connectivity index (χ2v) is 3.34. The number of carbonyl (C=O) groups excluding carboxylic acids is 1. The summed E-state index contributed by atoms with van der Waals surface area (Å²) in [5.41, 5.74) is -0.400. The van der Waals surface area contributed by atoms with Crippen LogP contribution in [-0.4, -0.2) is 24.4 Å². The Morgan fingerprint density at radius 1 is 1.44 bits per heavy atom. The molecule has 88 valence electrons. The number of pyridine rings is 1. The Labute approximate surface area is 96.5 Å². The van der Waals surface area contributed by atoms with E-state index in [9.17, 15) is 18.0 Å². The van der Waals surface area contributed by atoms with Gasteiger partial charge >= 0.3 is 12.3 Å². The lowest BCUT2D eigenvalue weighted by Gasteiger charge is -2.10. The minimum atomic E-state index is -4.92. The van der Waals surface area contributed by atoms with Gasteiger partial charge in [-0.2, -0.15) is 0 Å². The zero-order valence-corrected chi connectivity index (χ0v) is 9.42. The van der Waals surface area contributed by atoms with Gasteiger partial charge in [0.1, 0.15) is 10.2 Å². The molecule has 8 heteroatoms. The fourth-order valence-electron chi connectivity index (χ4n) is 0.871. The van der Waals surface area contributed by atoms with Crippen LogP contribution in [0.3, 0.4) is 0 Å². The molecule has 0 saturated heterocycles. The van der Waals surface area contributed by atoms with Gasteiger partial charge in [-0.3, -0.25) is 0 Å². The largest absolute Gasteiger partial charge is 0.574 e. The van der Waals surface area contributed by atoms with Crippen LogP contribution in [0.4, 0.5) is 13.2 Å². The number of halogens is 4. The van der Waals surface area contributed by atoms with Crippen LogP contribution in [0, 0.1) is 0 Å². The molecular formula is C8H5BrF3NO3. The molecule has 0 saturated carbocycles. The summed E-state index contributed by atoms with van der Waals surface area (Å²) >= 11 is 2.86. The van der Waals surface area contributed by atoms with Crippen molar-refractivity contribution >= 4 is 21.9 Å². The SMILES string of the molecule is COC(=O)c1ccc(Br)nc1OC(F)(F)F. The van der Waals surface area contributed by atoms with E-state index in [0.29, 0.717) is 0 Å². The monoisotopic (exact) mass is 299 g/mol. The Hall–Kier alpha value is -1.31. The number of rotatable bonds is 2. The number of ether oxygens (including phenoxy) is 2. The van der Waals surface area contributed by atoms with Crippen molar-refractivity contribution in [2.75, 3.05) is 7.11 Å². The van der Waals surface area contributed by atoms with Crippen molar-refractivity contribution in [2.24, 2.45) is 0 Å². The van der Waals surface area contributed by atoms with E-state index in [1.165, 1.54) is 6.07 Å². The van der Waals surface area contributed by atoms with E-state index in [4.69, 9.17) is 0 Å². The van der Waals surface area contributed by atoms with E-state index in [1.807, 2.05) is 0 Å². The van der Waals surface area contributed by atoms with Crippen molar-refractivity contribution in [3.8, 4) is 5.88 Å². The third-order valence-electron chi connectivity index (χ3n) is 1.44. The molecule has 0 radical (unpaired) electrons. The van der Waals surface area contributed by atoms with Gasteiger partial charge in [0.15, 0.2) is 0 Å². The van der Waals surface area contributed by atoms with Gasteiger partial charge < -0.3 is 9.47 Å². The third-order valence-corrected chi connectivity index (χ3v) is 1.89. The van der Waals surface area contributed by atoms with E-state index < -0.39 is 23.8 Å². The van der Waals surface area contributed by atoms with Gasteiger partial charge in [0.25, 0.3) is 0 Å².